The third-order valence-electron chi connectivity index (χ3n) is 1.29. The number of halogens is 2. The number of allylic oxidation sites excluding steroid dienone is 1. The van der Waals surface area contributed by atoms with Gasteiger partial charge in [0, 0.05) is 5.02 Å². The summed E-state index contributed by atoms with van der Waals surface area (Å²) in [4.78, 5) is 10.1. The Balaban J connectivity index is 2.91. The second kappa shape index (κ2) is 4.29. The van der Waals surface area contributed by atoms with E-state index >= 15 is 0 Å². The molecule has 0 heterocycles. The first-order valence-corrected chi connectivity index (χ1v) is 4.06. The van der Waals surface area contributed by atoms with Crippen molar-refractivity contribution in [2.45, 2.75) is 0 Å². The number of aldehydes is 1. The van der Waals surface area contributed by atoms with E-state index in [1.165, 1.54) is 0 Å². The van der Waals surface area contributed by atoms with E-state index in [1.54, 1.807) is 30.3 Å². The van der Waals surface area contributed by atoms with E-state index in [2.05, 4.69) is 0 Å². The van der Waals surface area contributed by atoms with E-state index < -0.39 is 0 Å². The molecule has 0 radical (unpaired) electrons. The highest BCUT2D eigenvalue weighted by Crippen LogP contribution is 2.12. The molecule has 1 rings (SSSR count). The minimum Gasteiger partial charge on any atom is -0.297 e. The minimum absolute atomic E-state index is 0.178. The topological polar surface area (TPSA) is 17.1 Å². The first kappa shape index (κ1) is 9.30. The van der Waals surface area contributed by atoms with Crippen molar-refractivity contribution in [2.75, 3.05) is 0 Å². The number of hydrogen-bond donors (Lipinski definition) is 0. The van der Waals surface area contributed by atoms with Crippen molar-refractivity contribution in [3.8, 4) is 0 Å². The summed E-state index contributed by atoms with van der Waals surface area (Å²) in [6.07, 6.45) is 2.17. The molecule has 1 aromatic rings. The fourth-order valence-electron chi connectivity index (χ4n) is 0.752. The SMILES string of the molecule is O=C/C(Cl)=C/c1ccc(Cl)cc1. The maximum atomic E-state index is 10.1. The molecule has 0 fully saturated rings. The summed E-state index contributed by atoms with van der Waals surface area (Å²) in [5, 5.41) is 0.840. The summed E-state index contributed by atoms with van der Waals surface area (Å²) in [6.45, 7) is 0. The molecule has 12 heavy (non-hydrogen) atoms. The van der Waals surface area contributed by atoms with Crippen molar-refractivity contribution in [1.29, 1.82) is 0 Å². The second-order valence-electron chi connectivity index (χ2n) is 2.20. The van der Waals surface area contributed by atoms with Crippen LogP contribution in [0.3, 0.4) is 0 Å². The highest BCUT2D eigenvalue weighted by molar-refractivity contribution is 6.40. The number of rotatable bonds is 2. The number of carbonyl (C=O) groups excluding carboxylic acids is 1. The molecule has 0 bridgehead atoms. The smallest absolute Gasteiger partial charge is 0.161 e. The fraction of sp³-hybridized carbons (Fsp3) is 0. The summed E-state index contributed by atoms with van der Waals surface area (Å²) in [5.41, 5.74) is 0.858. The zero-order valence-corrected chi connectivity index (χ0v) is 7.64. The third kappa shape index (κ3) is 2.68. The van der Waals surface area contributed by atoms with Gasteiger partial charge < -0.3 is 0 Å². The molecule has 0 atom stereocenters. The molecular weight excluding hydrogens is 195 g/mol. The standard InChI is InChI=1S/C9H6Cl2O/c10-8-3-1-7(2-4-8)5-9(11)6-12/h1-6H/b9-5-. The van der Waals surface area contributed by atoms with Gasteiger partial charge in [0.05, 0.1) is 5.03 Å². The Morgan fingerprint density at radius 3 is 2.33 bits per heavy atom. The average molecular weight is 201 g/mol. The van der Waals surface area contributed by atoms with Crippen molar-refractivity contribution in [3.63, 3.8) is 0 Å². The molecule has 0 spiro atoms. The van der Waals surface area contributed by atoms with E-state index in [0.717, 1.165) is 5.56 Å². The van der Waals surface area contributed by atoms with Crippen molar-refractivity contribution in [1.82, 2.24) is 0 Å². The van der Waals surface area contributed by atoms with Gasteiger partial charge in [-0.3, -0.25) is 4.79 Å². The van der Waals surface area contributed by atoms with Crippen LogP contribution in [0.5, 0.6) is 0 Å². The lowest BCUT2D eigenvalue weighted by Crippen LogP contribution is -1.74. The van der Waals surface area contributed by atoms with Gasteiger partial charge >= 0.3 is 0 Å². The molecule has 1 aromatic carbocycles. The highest BCUT2D eigenvalue weighted by atomic mass is 35.5. The molecule has 0 aromatic heterocycles. The highest BCUT2D eigenvalue weighted by Gasteiger charge is 1.91. The molecule has 0 saturated heterocycles. The van der Waals surface area contributed by atoms with Crippen LogP contribution in [0, 0.1) is 0 Å². The van der Waals surface area contributed by atoms with Crippen LogP contribution in [-0.4, -0.2) is 6.29 Å². The van der Waals surface area contributed by atoms with Crippen molar-refractivity contribution in [2.24, 2.45) is 0 Å². The molecule has 0 amide bonds. The molecule has 0 aliphatic heterocycles. The third-order valence-corrected chi connectivity index (χ3v) is 1.74. The van der Waals surface area contributed by atoms with Gasteiger partial charge in [-0.25, -0.2) is 0 Å². The Kier molecular flexibility index (Phi) is 3.32. The maximum Gasteiger partial charge on any atom is 0.161 e. The minimum atomic E-state index is 0.178. The Labute approximate surface area is 80.6 Å². The van der Waals surface area contributed by atoms with Gasteiger partial charge in [0.15, 0.2) is 6.29 Å². The number of benzene rings is 1. The van der Waals surface area contributed by atoms with Gasteiger partial charge in [-0.15, -0.1) is 0 Å². The first-order chi connectivity index (χ1) is 5.72. The van der Waals surface area contributed by atoms with Gasteiger partial charge in [0.1, 0.15) is 0 Å². The maximum absolute atomic E-state index is 10.1. The van der Waals surface area contributed by atoms with E-state index in [1.807, 2.05) is 0 Å². The zero-order chi connectivity index (χ0) is 8.97. The Bertz CT molecular complexity index is 301. The molecule has 62 valence electrons. The molecular formula is C9H6Cl2O. The van der Waals surface area contributed by atoms with Crippen LogP contribution >= 0.6 is 23.2 Å². The number of hydrogen-bond acceptors (Lipinski definition) is 1. The second-order valence-corrected chi connectivity index (χ2v) is 3.07. The summed E-state index contributed by atoms with van der Waals surface area (Å²) >= 11 is 11.2. The largest absolute Gasteiger partial charge is 0.297 e. The van der Waals surface area contributed by atoms with Crippen LogP contribution in [0.25, 0.3) is 6.08 Å². The lowest BCUT2D eigenvalue weighted by atomic mass is 10.2. The van der Waals surface area contributed by atoms with E-state index in [9.17, 15) is 4.79 Å². The van der Waals surface area contributed by atoms with Gasteiger partial charge in [-0.05, 0) is 23.8 Å². The van der Waals surface area contributed by atoms with Crippen LogP contribution in [-0.2, 0) is 4.79 Å². The van der Waals surface area contributed by atoms with Crippen molar-refractivity contribution >= 4 is 35.6 Å². The van der Waals surface area contributed by atoms with Crippen LogP contribution < -0.4 is 0 Å². The molecule has 0 N–H and O–H groups in total. The summed E-state index contributed by atoms with van der Waals surface area (Å²) in [5.74, 6) is 0. The monoisotopic (exact) mass is 200 g/mol. The van der Waals surface area contributed by atoms with Crippen LogP contribution in [0.15, 0.2) is 29.3 Å². The molecule has 0 aliphatic rings. The summed E-state index contributed by atoms with van der Waals surface area (Å²) < 4.78 is 0. The first-order valence-electron chi connectivity index (χ1n) is 3.30. The average Bonchev–Trinajstić information content (AvgIpc) is 2.09. The van der Waals surface area contributed by atoms with Crippen molar-refractivity contribution in [3.05, 3.63) is 39.9 Å². The predicted molar refractivity (Wildman–Crippen MR) is 51.3 cm³/mol. The molecule has 0 saturated carbocycles. The van der Waals surface area contributed by atoms with Gasteiger partial charge in [-0.2, -0.15) is 0 Å². The zero-order valence-electron chi connectivity index (χ0n) is 6.13. The molecule has 0 aliphatic carbocycles. The Morgan fingerprint density at radius 2 is 1.83 bits per heavy atom. The Hall–Kier alpha value is -0.790. The quantitative estimate of drug-likeness (QED) is 0.530. The van der Waals surface area contributed by atoms with Crippen LogP contribution in [0.1, 0.15) is 5.56 Å². The molecule has 3 heteroatoms. The predicted octanol–water partition coefficient (Wildman–Crippen LogP) is 3.12. The van der Waals surface area contributed by atoms with E-state index in [-0.39, 0.29) is 5.03 Å². The van der Waals surface area contributed by atoms with E-state index in [4.69, 9.17) is 23.2 Å². The van der Waals surface area contributed by atoms with Gasteiger partial charge in [0.25, 0.3) is 0 Å². The Morgan fingerprint density at radius 1 is 1.25 bits per heavy atom. The lowest BCUT2D eigenvalue weighted by Gasteiger charge is -1.92. The van der Waals surface area contributed by atoms with Crippen LogP contribution in [0.4, 0.5) is 0 Å². The van der Waals surface area contributed by atoms with Crippen molar-refractivity contribution < 1.29 is 4.79 Å². The normalized spacial score (nSPS) is 11.3. The van der Waals surface area contributed by atoms with Gasteiger partial charge in [0.2, 0.25) is 0 Å². The summed E-state index contributed by atoms with van der Waals surface area (Å²) in [6, 6.07) is 7.05. The molecule has 0 unspecified atom stereocenters. The summed E-state index contributed by atoms with van der Waals surface area (Å²) in [7, 11) is 0. The molecule has 1 nitrogen and oxygen atoms in total. The number of carbonyl (C=O) groups is 1. The van der Waals surface area contributed by atoms with Crippen LogP contribution in [0.2, 0.25) is 5.02 Å². The lowest BCUT2D eigenvalue weighted by molar-refractivity contribution is -0.104. The fourth-order valence-corrected chi connectivity index (χ4v) is 1.00. The van der Waals surface area contributed by atoms with Gasteiger partial charge in [-0.1, -0.05) is 35.3 Å². The van der Waals surface area contributed by atoms with E-state index in [0.29, 0.717) is 11.3 Å².